The fraction of sp³-hybridized carbons (Fsp3) is 0.333. The first-order valence-corrected chi connectivity index (χ1v) is 8.93. The zero-order chi connectivity index (χ0) is 19.2. The minimum absolute atomic E-state index is 0.0226. The third kappa shape index (κ3) is 4.28. The molecular weight excluding hydrogens is 344 g/mol. The Morgan fingerprint density at radius 2 is 1.63 bits per heavy atom. The second kappa shape index (κ2) is 8.68. The highest BCUT2D eigenvalue weighted by atomic mass is 16.5. The van der Waals surface area contributed by atoms with Gasteiger partial charge in [0.05, 0.1) is 7.11 Å². The molecule has 0 N–H and O–H groups in total. The van der Waals surface area contributed by atoms with Crippen LogP contribution in [-0.4, -0.2) is 68.6 Å². The lowest BCUT2D eigenvalue weighted by Crippen LogP contribution is -2.51. The summed E-state index contributed by atoms with van der Waals surface area (Å²) in [6.07, 6.45) is 0. The monoisotopic (exact) mass is 368 g/mol. The van der Waals surface area contributed by atoms with Crippen LogP contribution in [-0.2, 0) is 9.53 Å². The highest BCUT2D eigenvalue weighted by Crippen LogP contribution is 2.30. The molecular formula is C21H24N2O4. The van der Waals surface area contributed by atoms with E-state index in [0.29, 0.717) is 31.7 Å². The Balaban J connectivity index is 1.72. The molecule has 0 spiro atoms. The van der Waals surface area contributed by atoms with E-state index in [1.807, 2.05) is 48.5 Å². The lowest BCUT2D eigenvalue weighted by molar-refractivity contribution is -0.136. The van der Waals surface area contributed by atoms with Gasteiger partial charge in [-0.15, -0.1) is 0 Å². The average molecular weight is 368 g/mol. The molecule has 1 saturated heterocycles. The van der Waals surface area contributed by atoms with E-state index in [1.54, 1.807) is 16.9 Å². The maximum atomic E-state index is 12.9. The maximum Gasteiger partial charge on any atom is 0.253 e. The van der Waals surface area contributed by atoms with E-state index in [1.165, 1.54) is 7.11 Å². The van der Waals surface area contributed by atoms with Crippen molar-refractivity contribution in [3.8, 4) is 16.9 Å². The number of piperazine rings is 1. The van der Waals surface area contributed by atoms with Gasteiger partial charge in [0.1, 0.15) is 12.4 Å². The number of carbonyl (C=O) groups is 2. The summed E-state index contributed by atoms with van der Waals surface area (Å²) < 4.78 is 10.3. The predicted octanol–water partition coefficient (Wildman–Crippen LogP) is 2.29. The predicted molar refractivity (Wildman–Crippen MR) is 103 cm³/mol. The molecule has 0 aromatic heterocycles. The molecule has 0 bridgehead atoms. The quantitative estimate of drug-likeness (QED) is 0.813. The van der Waals surface area contributed by atoms with Crippen molar-refractivity contribution < 1.29 is 19.1 Å². The first kappa shape index (κ1) is 18.9. The van der Waals surface area contributed by atoms with E-state index < -0.39 is 0 Å². The molecule has 6 heteroatoms. The normalized spacial score (nSPS) is 14.1. The number of rotatable bonds is 5. The van der Waals surface area contributed by atoms with Gasteiger partial charge in [0.2, 0.25) is 5.91 Å². The van der Waals surface area contributed by atoms with Crippen LogP contribution in [0.4, 0.5) is 0 Å². The van der Waals surface area contributed by atoms with Gasteiger partial charge < -0.3 is 19.3 Å². The zero-order valence-electron chi connectivity index (χ0n) is 15.7. The Hall–Kier alpha value is -2.86. The fourth-order valence-corrected chi connectivity index (χ4v) is 3.26. The number of benzene rings is 2. The Kier molecular flexibility index (Phi) is 6.08. The van der Waals surface area contributed by atoms with E-state index in [0.717, 1.165) is 16.9 Å². The summed E-state index contributed by atoms with van der Waals surface area (Å²) >= 11 is 0. The van der Waals surface area contributed by atoms with Gasteiger partial charge in [-0.1, -0.05) is 30.3 Å². The third-order valence-electron chi connectivity index (χ3n) is 4.71. The van der Waals surface area contributed by atoms with Crippen LogP contribution in [0.5, 0.6) is 5.75 Å². The number of nitrogens with zero attached hydrogens (tertiary/aromatic N) is 2. The molecule has 1 aliphatic heterocycles. The molecule has 142 valence electrons. The van der Waals surface area contributed by atoms with Crippen molar-refractivity contribution in [1.82, 2.24) is 9.80 Å². The number of amides is 2. The van der Waals surface area contributed by atoms with E-state index >= 15 is 0 Å². The second-order valence-corrected chi connectivity index (χ2v) is 6.39. The van der Waals surface area contributed by atoms with E-state index in [9.17, 15) is 9.59 Å². The highest BCUT2D eigenvalue weighted by Gasteiger charge is 2.24. The molecule has 2 amide bonds. The van der Waals surface area contributed by atoms with Gasteiger partial charge in [0.15, 0.2) is 0 Å². The van der Waals surface area contributed by atoms with Gasteiger partial charge >= 0.3 is 0 Å². The van der Waals surface area contributed by atoms with Crippen molar-refractivity contribution in [2.75, 3.05) is 47.0 Å². The summed E-state index contributed by atoms with van der Waals surface area (Å²) in [4.78, 5) is 28.3. The Morgan fingerprint density at radius 3 is 2.33 bits per heavy atom. The minimum Gasteiger partial charge on any atom is -0.496 e. The van der Waals surface area contributed by atoms with Crippen LogP contribution in [0.25, 0.3) is 11.1 Å². The van der Waals surface area contributed by atoms with Crippen LogP contribution in [0.3, 0.4) is 0 Å². The van der Waals surface area contributed by atoms with Crippen molar-refractivity contribution in [3.63, 3.8) is 0 Å². The molecule has 6 nitrogen and oxygen atoms in total. The van der Waals surface area contributed by atoms with Crippen LogP contribution in [0.15, 0.2) is 48.5 Å². The molecule has 0 radical (unpaired) electrons. The van der Waals surface area contributed by atoms with Gasteiger partial charge in [0, 0.05) is 44.4 Å². The molecule has 0 unspecified atom stereocenters. The molecule has 0 saturated carbocycles. The van der Waals surface area contributed by atoms with E-state index in [-0.39, 0.29) is 18.4 Å². The largest absolute Gasteiger partial charge is 0.496 e. The van der Waals surface area contributed by atoms with Crippen LogP contribution in [0.2, 0.25) is 0 Å². The topological polar surface area (TPSA) is 59.1 Å². The molecule has 0 atom stereocenters. The number of para-hydroxylation sites is 1. The number of hydrogen-bond acceptors (Lipinski definition) is 4. The van der Waals surface area contributed by atoms with E-state index in [2.05, 4.69) is 0 Å². The summed E-state index contributed by atoms with van der Waals surface area (Å²) in [5.41, 5.74) is 2.52. The van der Waals surface area contributed by atoms with Gasteiger partial charge in [-0.2, -0.15) is 0 Å². The summed E-state index contributed by atoms with van der Waals surface area (Å²) in [6, 6.07) is 15.3. The SMILES string of the molecule is COCC(=O)N1CCN(C(=O)c2cccc(-c3ccccc3OC)c2)CC1. The first-order chi connectivity index (χ1) is 13.1. The zero-order valence-corrected chi connectivity index (χ0v) is 15.7. The van der Waals surface area contributed by atoms with Gasteiger partial charge in [0.25, 0.3) is 5.91 Å². The van der Waals surface area contributed by atoms with Crippen LogP contribution in [0.1, 0.15) is 10.4 Å². The van der Waals surface area contributed by atoms with Gasteiger partial charge in [-0.25, -0.2) is 0 Å². The maximum absolute atomic E-state index is 12.9. The number of ether oxygens (including phenoxy) is 2. The number of methoxy groups -OCH3 is 2. The molecule has 3 rings (SSSR count). The van der Waals surface area contributed by atoms with E-state index in [4.69, 9.17) is 9.47 Å². The molecule has 1 aliphatic rings. The van der Waals surface area contributed by atoms with Gasteiger partial charge in [-0.05, 0) is 23.8 Å². The van der Waals surface area contributed by atoms with Crippen molar-refractivity contribution >= 4 is 11.8 Å². The minimum atomic E-state index is -0.0391. The van der Waals surface area contributed by atoms with Gasteiger partial charge in [-0.3, -0.25) is 9.59 Å². The van der Waals surface area contributed by atoms with Crippen molar-refractivity contribution in [3.05, 3.63) is 54.1 Å². The lowest BCUT2D eigenvalue weighted by atomic mass is 10.0. The average Bonchev–Trinajstić information content (AvgIpc) is 2.73. The molecule has 0 aliphatic carbocycles. The smallest absolute Gasteiger partial charge is 0.253 e. The summed E-state index contributed by atoms with van der Waals surface area (Å²) in [5, 5.41) is 0. The van der Waals surface area contributed by atoms with Crippen LogP contribution < -0.4 is 4.74 Å². The first-order valence-electron chi connectivity index (χ1n) is 8.93. The Morgan fingerprint density at radius 1 is 0.926 bits per heavy atom. The summed E-state index contributed by atoms with van der Waals surface area (Å²) in [6.45, 7) is 2.18. The Bertz CT molecular complexity index is 813. The number of carbonyl (C=O) groups excluding carboxylic acids is 2. The molecule has 27 heavy (non-hydrogen) atoms. The molecule has 1 heterocycles. The molecule has 2 aromatic carbocycles. The molecule has 1 fully saturated rings. The van der Waals surface area contributed by atoms with Crippen molar-refractivity contribution in [1.29, 1.82) is 0 Å². The third-order valence-corrected chi connectivity index (χ3v) is 4.71. The summed E-state index contributed by atoms with van der Waals surface area (Å²) in [7, 11) is 3.14. The van der Waals surface area contributed by atoms with Crippen molar-refractivity contribution in [2.24, 2.45) is 0 Å². The van der Waals surface area contributed by atoms with Crippen molar-refractivity contribution in [2.45, 2.75) is 0 Å². The van der Waals surface area contributed by atoms with Crippen LogP contribution in [0, 0.1) is 0 Å². The standard InChI is InChI=1S/C21H24N2O4/c1-26-15-20(24)22-10-12-23(13-11-22)21(25)17-7-5-6-16(14-17)18-8-3-4-9-19(18)27-2/h3-9,14H,10-13,15H2,1-2H3. The molecule has 2 aromatic rings. The second-order valence-electron chi connectivity index (χ2n) is 6.39. The van der Waals surface area contributed by atoms with Crippen LogP contribution >= 0.6 is 0 Å². The lowest BCUT2D eigenvalue weighted by Gasteiger charge is -2.34. The Labute approximate surface area is 159 Å². The highest BCUT2D eigenvalue weighted by molar-refractivity contribution is 5.96. The summed E-state index contributed by atoms with van der Waals surface area (Å²) in [5.74, 6) is 0.709. The number of hydrogen-bond donors (Lipinski definition) is 0. The fourth-order valence-electron chi connectivity index (χ4n) is 3.26.